The number of ether oxygens (including phenoxy) is 2. The molecule has 0 aliphatic heterocycles. The van der Waals surface area contributed by atoms with Crippen LogP contribution in [0.15, 0.2) is 85.5 Å². The van der Waals surface area contributed by atoms with Crippen molar-refractivity contribution in [1.82, 2.24) is 34.5 Å². The molecule has 0 fully saturated rings. The summed E-state index contributed by atoms with van der Waals surface area (Å²) in [6, 6.07) is 16.8. The molecule has 49 heavy (non-hydrogen) atoms. The van der Waals surface area contributed by atoms with Crippen LogP contribution in [0.4, 0.5) is 23.2 Å². The van der Waals surface area contributed by atoms with Gasteiger partial charge in [-0.05, 0) is 30.3 Å². The van der Waals surface area contributed by atoms with E-state index in [0.29, 0.717) is 47.0 Å². The smallest absolute Gasteiger partial charge is 0.417 e. The molecule has 0 saturated carbocycles. The van der Waals surface area contributed by atoms with Crippen LogP contribution in [0.2, 0.25) is 0 Å². The van der Waals surface area contributed by atoms with Gasteiger partial charge in [0.15, 0.2) is 0 Å². The molecule has 0 aliphatic rings. The molecule has 0 saturated heterocycles. The molecule has 15 heteroatoms. The Morgan fingerprint density at radius 3 is 2.49 bits per heavy atom. The first kappa shape index (κ1) is 32.8. The lowest BCUT2D eigenvalue weighted by Gasteiger charge is -2.16. The highest BCUT2D eigenvalue weighted by Crippen LogP contribution is 2.38. The molecular formula is C34H28F4N8O3. The molecule has 11 nitrogen and oxygen atoms in total. The van der Waals surface area contributed by atoms with Crippen LogP contribution >= 0.6 is 0 Å². The Morgan fingerprint density at radius 1 is 1.00 bits per heavy atom. The number of anilines is 1. The van der Waals surface area contributed by atoms with Crippen LogP contribution in [0.25, 0.3) is 22.5 Å². The van der Waals surface area contributed by atoms with Crippen LogP contribution in [0.5, 0.6) is 11.5 Å². The number of nitrogens with one attached hydrogen (secondary N) is 1. The first-order chi connectivity index (χ1) is 23.5. The maximum absolute atomic E-state index is 15.2. The largest absolute Gasteiger partial charge is 0.497 e. The van der Waals surface area contributed by atoms with Gasteiger partial charge in [-0.1, -0.05) is 30.3 Å². The van der Waals surface area contributed by atoms with Crippen LogP contribution in [0.1, 0.15) is 33.1 Å². The number of aryl methyl sites for hydroxylation is 1. The van der Waals surface area contributed by atoms with Gasteiger partial charge in [0.1, 0.15) is 35.3 Å². The van der Waals surface area contributed by atoms with E-state index >= 15 is 4.39 Å². The van der Waals surface area contributed by atoms with Crippen molar-refractivity contribution in [3.63, 3.8) is 0 Å². The van der Waals surface area contributed by atoms with E-state index in [4.69, 9.17) is 14.5 Å². The van der Waals surface area contributed by atoms with Crippen molar-refractivity contribution in [3.8, 4) is 34.0 Å². The number of alkyl halides is 3. The van der Waals surface area contributed by atoms with Crippen molar-refractivity contribution in [2.24, 2.45) is 7.05 Å². The standard InChI is InChI=1S/C34H28F4N8O3/c1-45-12-11-27(44-45)23-14-24(26(35)15-25(23)34(36,37)38)33(47)41-28-17-39-30(42-32(28)20-7-5-4-6-8-20)16-31-43-40-19-46(31)18-21-9-10-22(48-2)13-29(21)49-3/h4-15,17,19H,16,18H2,1-3H3,(H,41,47). The normalized spacial score (nSPS) is 11.4. The summed E-state index contributed by atoms with van der Waals surface area (Å²) in [4.78, 5) is 22.6. The van der Waals surface area contributed by atoms with Gasteiger partial charge < -0.3 is 19.4 Å². The van der Waals surface area contributed by atoms with Gasteiger partial charge in [-0.15, -0.1) is 10.2 Å². The van der Waals surface area contributed by atoms with Crippen molar-refractivity contribution < 1.29 is 31.8 Å². The van der Waals surface area contributed by atoms with Crippen molar-refractivity contribution in [1.29, 1.82) is 0 Å². The minimum atomic E-state index is -4.89. The van der Waals surface area contributed by atoms with E-state index in [1.54, 1.807) is 56.9 Å². The van der Waals surface area contributed by atoms with Crippen LogP contribution in [0, 0.1) is 5.82 Å². The third-order valence-corrected chi connectivity index (χ3v) is 7.63. The van der Waals surface area contributed by atoms with Crippen LogP contribution in [-0.2, 0) is 26.2 Å². The topological polar surface area (TPSA) is 122 Å². The summed E-state index contributed by atoms with van der Waals surface area (Å²) < 4.78 is 70.7. The third kappa shape index (κ3) is 7.10. The molecular weight excluding hydrogens is 644 g/mol. The zero-order valence-corrected chi connectivity index (χ0v) is 26.4. The van der Waals surface area contributed by atoms with Crippen molar-refractivity contribution in [3.05, 3.63) is 120 Å². The highest BCUT2D eigenvalue weighted by atomic mass is 19.4. The predicted molar refractivity (Wildman–Crippen MR) is 171 cm³/mol. The highest BCUT2D eigenvalue weighted by Gasteiger charge is 2.36. The molecule has 250 valence electrons. The quantitative estimate of drug-likeness (QED) is 0.171. The summed E-state index contributed by atoms with van der Waals surface area (Å²) in [5.74, 6) is -0.193. The van der Waals surface area contributed by atoms with Gasteiger partial charge in [0, 0.05) is 36.0 Å². The van der Waals surface area contributed by atoms with E-state index in [1.807, 2.05) is 16.7 Å². The molecule has 0 radical (unpaired) electrons. The number of benzene rings is 3. The molecule has 0 spiro atoms. The highest BCUT2D eigenvalue weighted by molar-refractivity contribution is 6.06. The average Bonchev–Trinajstić information content (AvgIpc) is 3.73. The number of methoxy groups -OCH3 is 2. The molecule has 1 N–H and O–H groups in total. The van der Waals surface area contributed by atoms with Gasteiger partial charge in [0.05, 0.1) is 61.6 Å². The van der Waals surface area contributed by atoms with Gasteiger partial charge in [0.25, 0.3) is 5.91 Å². The second kappa shape index (κ2) is 13.5. The molecule has 0 aliphatic carbocycles. The van der Waals surface area contributed by atoms with Gasteiger partial charge in [0.2, 0.25) is 0 Å². The van der Waals surface area contributed by atoms with E-state index in [1.165, 1.54) is 30.2 Å². The molecule has 3 aromatic carbocycles. The number of rotatable bonds is 10. The summed E-state index contributed by atoms with van der Waals surface area (Å²) in [5.41, 5.74) is -0.495. The second-order valence-electron chi connectivity index (χ2n) is 10.8. The number of aromatic nitrogens is 7. The molecule has 6 aromatic rings. The van der Waals surface area contributed by atoms with Gasteiger partial charge >= 0.3 is 6.18 Å². The lowest BCUT2D eigenvalue weighted by molar-refractivity contribution is -0.137. The Bertz CT molecular complexity index is 2130. The Balaban J connectivity index is 1.32. The van der Waals surface area contributed by atoms with Crippen molar-refractivity contribution in [2.75, 3.05) is 19.5 Å². The number of amides is 1. The van der Waals surface area contributed by atoms with Crippen LogP contribution in [-0.4, -0.2) is 54.6 Å². The third-order valence-electron chi connectivity index (χ3n) is 7.63. The Morgan fingerprint density at radius 2 is 1.80 bits per heavy atom. The molecule has 3 aromatic heterocycles. The monoisotopic (exact) mass is 672 g/mol. The van der Waals surface area contributed by atoms with E-state index in [9.17, 15) is 18.0 Å². The van der Waals surface area contributed by atoms with Crippen LogP contribution in [0.3, 0.4) is 0 Å². The van der Waals surface area contributed by atoms with E-state index in [2.05, 4.69) is 25.6 Å². The van der Waals surface area contributed by atoms with Crippen molar-refractivity contribution >= 4 is 11.6 Å². The molecule has 0 unspecified atom stereocenters. The van der Waals surface area contributed by atoms with Gasteiger partial charge in [-0.2, -0.15) is 18.3 Å². The summed E-state index contributed by atoms with van der Waals surface area (Å²) in [5, 5.41) is 14.9. The van der Waals surface area contributed by atoms with E-state index in [-0.39, 0.29) is 17.8 Å². The van der Waals surface area contributed by atoms with Gasteiger partial charge in [-0.3, -0.25) is 9.48 Å². The van der Waals surface area contributed by atoms with Crippen LogP contribution < -0.4 is 14.8 Å². The number of nitrogens with zero attached hydrogens (tertiary/aromatic N) is 7. The summed E-state index contributed by atoms with van der Waals surface area (Å²) in [6.45, 7) is 0.383. The molecule has 0 bridgehead atoms. The van der Waals surface area contributed by atoms with Gasteiger partial charge in [-0.25, -0.2) is 14.4 Å². The number of carbonyl (C=O) groups is 1. The summed E-state index contributed by atoms with van der Waals surface area (Å²) >= 11 is 0. The molecule has 6 rings (SSSR count). The minimum absolute atomic E-state index is 0.0696. The predicted octanol–water partition coefficient (Wildman–Crippen LogP) is 6.20. The van der Waals surface area contributed by atoms with E-state index in [0.717, 1.165) is 11.6 Å². The Labute approximate surface area is 277 Å². The van der Waals surface area contributed by atoms with E-state index < -0.39 is 34.6 Å². The minimum Gasteiger partial charge on any atom is -0.497 e. The summed E-state index contributed by atoms with van der Waals surface area (Å²) in [6.07, 6.45) is -0.353. The maximum Gasteiger partial charge on any atom is 0.417 e. The number of carbonyl (C=O) groups excluding carboxylic acids is 1. The first-order valence-electron chi connectivity index (χ1n) is 14.7. The fourth-order valence-corrected chi connectivity index (χ4v) is 5.21. The SMILES string of the molecule is COc1ccc(Cn2cnnc2Cc2ncc(NC(=O)c3cc(-c4ccn(C)n4)c(C(F)(F)F)cc3F)c(-c3ccccc3)n2)c(OC)c1. The van der Waals surface area contributed by atoms with Crippen molar-refractivity contribution in [2.45, 2.75) is 19.1 Å². The molecule has 0 atom stereocenters. The number of halogens is 4. The lowest BCUT2D eigenvalue weighted by atomic mass is 9.99. The lowest BCUT2D eigenvalue weighted by Crippen LogP contribution is -2.18. The maximum atomic E-state index is 15.2. The zero-order valence-electron chi connectivity index (χ0n) is 26.4. The Kier molecular flexibility index (Phi) is 9.07. The Hall–Kier alpha value is -6.12. The fourth-order valence-electron chi connectivity index (χ4n) is 5.21. The average molecular weight is 673 g/mol. The number of hydrogen-bond donors (Lipinski definition) is 1. The summed E-state index contributed by atoms with van der Waals surface area (Å²) in [7, 11) is 4.67. The zero-order chi connectivity index (χ0) is 34.7. The second-order valence-corrected chi connectivity index (χ2v) is 10.8. The fraction of sp³-hybridized carbons (Fsp3) is 0.176. The molecule has 3 heterocycles. The molecule has 1 amide bonds. The number of hydrogen-bond acceptors (Lipinski definition) is 8. The first-order valence-corrected chi connectivity index (χ1v) is 14.7.